The smallest absolute Gasteiger partial charge is 0.257 e. The van der Waals surface area contributed by atoms with Crippen molar-refractivity contribution in [2.75, 3.05) is 48.3 Å². The Morgan fingerprint density at radius 3 is 2.19 bits per heavy atom. The van der Waals surface area contributed by atoms with Gasteiger partial charge in [-0.3, -0.25) is 14.5 Å². The number of hydrogen-bond donors (Lipinski definition) is 2. The van der Waals surface area contributed by atoms with E-state index in [4.69, 9.17) is 11.6 Å². The Hall–Kier alpha value is -3.35. The van der Waals surface area contributed by atoms with Gasteiger partial charge in [-0.25, -0.2) is 0 Å². The summed E-state index contributed by atoms with van der Waals surface area (Å²) in [6, 6.07) is 24.1. The molecule has 3 aromatic rings. The molecule has 1 aliphatic rings. The van der Waals surface area contributed by atoms with Crippen molar-refractivity contribution in [3.63, 3.8) is 0 Å². The maximum atomic E-state index is 12.7. The molecule has 1 saturated heterocycles. The van der Waals surface area contributed by atoms with Crippen molar-refractivity contribution >= 4 is 40.5 Å². The predicted octanol–water partition coefficient (Wildman–Crippen LogP) is 4.35. The van der Waals surface area contributed by atoms with Crippen molar-refractivity contribution in [2.24, 2.45) is 0 Å². The number of carbonyl (C=O) groups excluding carboxylic acids is 2. The Morgan fingerprint density at radius 2 is 1.44 bits per heavy atom. The number of piperazine rings is 1. The fraction of sp³-hybridized carbons (Fsp3) is 0.200. The second-order valence-corrected chi connectivity index (χ2v) is 8.04. The monoisotopic (exact) mass is 448 g/mol. The van der Waals surface area contributed by atoms with Gasteiger partial charge in [0.05, 0.1) is 28.5 Å². The molecule has 0 aromatic heterocycles. The van der Waals surface area contributed by atoms with E-state index in [1.54, 1.807) is 24.3 Å². The molecule has 1 aliphatic heterocycles. The number of rotatable bonds is 6. The summed E-state index contributed by atoms with van der Waals surface area (Å²) in [6.45, 7) is 3.38. The quantitative estimate of drug-likeness (QED) is 0.588. The van der Waals surface area contributed by atoms with Gasteiger partial charge in [0, 0.05) is 31.9 Å². The normalized spacial score (nSPS) is 14.1. The first-order valence-electron chi connectivity index (χ1n) is 10.6. The molecule has 0 aliphatic carbocycles. The lowest BCUT2D eigenvalue weighted by Gasteiger charge is -2.36. The van der Waals surface area contributed by atoms with Crippen molar-refractivity contribution in [1.29, 1.82) is 0 Å². The molecule has 1 heterocycles. The van der Waals surface area contributed by atoms with Gasteiger partial charge >= 0.3 is 0 Å². The highest BCUT2D eigenvalue weighted by Gasteiger charge is 2.21. The van der Waals surface area contributed by atoms with Crippen LogP contribution in [0.1, 0.15) is 10.4 Å². The molecule has 0 saturated carbocycles. The van der Waals surface area contributed by atoms with Gasteiger partial charge in [-0.15, -0.1) is 0 Å². The Bertz CT molecular complexity index is 1080. The van der Waals surface area contributed by atoms with Gasteiger partial charge in [0.15, 0.2) is 0 Å². The standard InChI is InChI=1S/C25H25ClN4O2/c26-21-11-5-7-13-23(21)30-16-14-29(15-17-30)18-24(31)28-22-12-6-4-10-20(22)25(32)27-19-8-2-1-3-9-19/h1-13H,14-18H2,(H,27,32)(H,28,31). The molecule has 0 atom stereocenters. The van der Waals surface area contributed by atoms with E-state index >= 15 is 0 Å². The van der Waals surface area contributed by atoms with Crippen LogP contribution in [-0.2, 0) is 4.79 Å². The second kappa shape index (κ2) is 10.3. The summed E-state index contributed by atoms with van der Waals surface area (Å²) >= 11 is 6.31. The molecule has 2 amide bonds. The fourth-order valence-corrected chi connectivity index (χ4v) is 4.01. The summed E-state index contributed by atoms with van der Waals surface area (Å²) < 4.78 is 0. The van der Waals surface area contributed by atoms with Gasteiger partial charge in [0.25, 0.3) is 5.91 Å². The van der Waals surface area contributed by atoms with Crippen LogP contribution in [0.5, 0.6) is 0 Å². The first-order chi connectivity index (χ1) is 15.6. The number of hydrogen-bond acceptors (Lipinski definition) is 4. The Morgan fingerprint density at radius 1 is 0.781 bits per heavy atom. The van der Waals surface area contributed by atoms with Crippen LogP contribution >= 0.6 is 11.6 Å². The fourth-order valence-electron chi connectivity index (χ4n) is 3.76. The molecule has 1 fully saturated rings. The summed E-state index contributed by atoms with van der Waals surface area (Å²) in [5.74, 6) is -0.406. The molecule has 2 N–H and O–H groups in total. The van der Waals surface area contributed by atoms with Crippen LogP contribution in [0.25, 0.3) is 0 Å². The van der Waals surface area contributed by atoms with Crippen molar-refractivity contribution in [1.82, 2.24) is 4.90 Å². The van der Waals surface area contributed by atoms with E-state index in [0.717, 1.165) is 36.9 Å². The number of amides is 2. The summed E-state index contributed by atoms with van der Waals surface area (Å²) in [7, 11) is 0. The molecular formula is C25H25ClN4O2. The van der Waals surface area contributed by atoms with Gasteiger partial charge in [0.2, 0.25) is 5.91 Å². The van der Waals surface area contributed by atoms with E-state index in [0.29, 0.717) is 16.9 Å². The number of carbonyl (C=O) groups is 2. The third-order valence-electron chi connectivity index (χ3n) is 5.41. The number of anilines is 3. The Kier molecular flexibility index (Phi) is 7.04. The first-order valence-corrected chi connectivity index (χ1v) is 10.9. The van der Waals surface area contributed by atoms with Crippen molar-refractivity contribution < 1.29 is 9.59 Å². The van der Waals surface area contributed by atoms with Crippen molar-refractivity contribution in [2.45, 2.75) is 0 Å². The lowest BCUT2D eigenvalue weighted by molar-refractivity contribution is -0.117. The average Bonchev–Trinajstić information content (AvgIpc) is 2.81. The van der Waals surface area contributed by atoms with Gasteiger partial charge in [-0.1, -0.05) is 54.1 Å². The number of nitrogens with one attached hydrogen (secondary N) is 2. The maximum absolute atomic E-state index is 12.7. The van der Waals surface area contributed by atoms with E-state index in [1.165, 1.54) is 0 Å². The maximum Gasteiger partial charge on any atom is 0.257 e. The molecular weight excluding hydrogens is 424 g/mol. The van der Waals surface area contributed by atoms with Gasteiger partial charge in [-0.05, 0) is 36.4 Å². The van der Waals surface area contributed by atoms with E-state index in [1.807, 2.05) is 54.6 Å². The Balaban J connectivity index is 1.33. The summed E-state index contributed by atoms with van der Waals surface area (Å²) in [5, 5.41) is 6.50. The molecule has 0 spiro atoms. The third kappa shape index (κ3) is 5.46. The predicted molar refractivity (Wildman–Crippen MR) is 130 cm³/mol. The van der Waals surface area contributed by atoms with Crippen LogP contribution in [0.15, 0.2) is 78.9 Å². The zero-order chi connectivity index (χ0) is 22.3. The molecule has 0 radical (unpaired) electrons. The highest BCUT2D eigenvalue weighted by Crippen LogP contribution is 2.26. The zero-order valence-corrected chi connectivity index (χ0v) is 18.4. The van der Waals surface area contributed by atoms with E-state index in [-0.39, 0.29) is 18.4 Å². The molecule has 6 nitrogen and oxygen atoms in total. The summed E-state index contributed by atoms with van der Waals surface area (Å²) in [6.07, 6.45) is 0. The van der Waals surface area contributed by atoms with Crippen LogP contribution in [0, 0.1) is 0 Å². The first kappa shape index (κ1) is 21.9. The van der Waals surface area contributed by atoms with Crippen molar-refractivity contribution in [3.8, 4) is 0 Å². The number of benzene rings is 3. The SMILES string of the molecule is O=C(CN1CCN(c2ccccc2Cl)CC1)Nc1ccccc1C(=O)Nc1ccccc1. The second-order valence-electron chi connectivity index (χ2n) is 7.63. The van der Waals surface area contributed by atoms with Crippen LogP contribution in [0.3, 0.4) is 0 Å². The van der Waals surface area contributed by atoms with Crippen LogP contribution < -0.4 is 15.5 Å². The summed E-state index contributed by atoms with van der Waals surface area (Å²) in [4.78, 5) is 29.8. The Labute approximate surface area is 192 Å². The minimum absolute atomic E-state index is 0.142. The summed E-state index contributed by atoms with van der Waals surface area (Å²) in [5.41, 5.74) is 2.65. The van der Waals surface area contributed by atoms with Gasteiger partial charge in [0.1, 0.15) is 0 Å². The van der Waals surface area contributed by atoms with Crippen LogP contribution in [0.4, 0.5) is 17.1 Å². The molecule has 7 heteroatoms. The third-order valence-corrected chi connectivity index (χ3v) is 5.73. The van der Waals surface area contributed by atoms with Gasteiger partial charge < -0.3 is 15.5 Å². The highest BCUT2D eigenvalue weighted by atomic mass is 35.5. The number of halogens is 1. The molecule has 0 bridgehead atoms. The van der Waals surface area contributed by atoms with E-state index in [2.05, 4.69) is 20.4 Å². The zero-order valence-electron chi connectivity index (χ0n) is 17.6. The number of para-hydroxylation sites is 3. The average molecular weight is 449 g/mol. The van der Waals surface area contributed by atoms with Crippen LogP contribution in [-0.4, -0.2) is 49.4 Å². The largest absolute Gasteiger partial charge is 0.368 e. The molecule has 4 rings (SSSR count). The number of nitrogens with zero attached hydrogens (tertiary/aromatic N) is 2. The molecule has 3 aromatic carbocycles. The molecule has 164 valence electrons. The minimum Gasteiger partial charge on any atom is -0.368 e. The lowest BCUT2D eigenvalue weighted by Crippen LogP contribution is -2.48. The minimum atomic E-state index is -0.263. The topological polar surface area (TPSA) is 64.7 Å². The van der Waals surface area contributed by atoms with Gasteiger partial charge in [-0.2, -0.15) is 0 Å². The van der Waals surface area contributed by atoms with Crippen LogP contribution in [0.2, 0.25) is 5.02 Å². The molecule has 32 heavy (non-hydrogen) atoms. The van der Waals surface area contributed by atoms with E-state index < -0.39 is 0 Å². The van der Waals surface area contributed by atoms with E-state index in [9.17, 15) is 9.59 Å². The highest BCUT2D eigenvalue weighted by molar-refractivity contribution is 6.33. The molecule has 0 unspecified atom stereocenters. The lowest BCUT2D eigenvalue weighted by atomic mass is 10.1. The van der Waals surface area contributed by atoms with Crippen molar-refractivity contribution in [3.05, 3.63) is 89.4 Å².